The van der Waals surface area contributed by atoms with E-state index in [9.17, 15) is 13.6 Å². The van der Waals surface area contributed by atoms with Gasteiger partial charge in [0.1, 0.15) is 11.4 Å². The number of rotatable bonds is 7. The molecule has 1 aromatic carbocycles. The molecule has 20 heavy (non-hydrogen) atoms. The maximum atomic E-state index is 13.6. The molecule has 0 heterocycles. The number of carbonyl (C=O) groups excluding carboxylic acids is 1. The summed E-state index contributed by atoms with van der Waals surface area (Å²) in [7, 11) is 0. The van der Waals surface area contributed by atoms with Gasteiger partial charge in [-0.05, 0) is 24.5 Å². The predicted molar refractivity (Wildman–Crippen MR) is 73.4 cm³/mol. The predicted octanol–water partition coefficient (Wildman–Crippen LogP) is 2.34. The Balaban J connectivity index is 2.42. The summed E-state index contributed by atoms with van der Waals surface area (Å²) in [5.41, 5.74) is 4.38. The van der Waals surface area contributed by atoms with Crippen LogP contribution in [0.4, 0.5) is 14.5 Å². The zero-order valence-corrected chi connectivity index (χ0v) is 11.7. The van der Waals surface area contributed by atoms with Gasteiger partial charge in [-0.1, -0.05) is 13.8 Å². The molecule has 0 unspecified atom stereocenters. The molecular weight excluding hydrogens is 266 g/mol. The first-order valence-electron chi connectivity index (χ1n) is 6.53. The molecule has 0 saturated carbocycles. The molecule has 0 saturated heterocycles. The molecule has 1 amide bonds. The van der Waals surface area contributed by atoms with Crippen molar-refractivity contribution in [3.63, 3.8) is 0 Å². The molecule has 0 bridgehead atoms. The molecule has 6 heteroatoms. The molecule has 0 aliphatic carbocycles. The molecule has 0 aromatic heterocycles. The van der Waals surface area contributed by atoms with Gasteiger partial charge in [0.25, 0.3) is 5.91 Å². The van der Waals surface area contributed by atoms with Crippen molar-refractivity contribution in [3.05, 3.63) is 29.3 Å². The van der Waals surface area contributed by atoms with Crippen LogP contribution in [0.5, 0.6) is 0 Å². The van der Waals surface area contributed by atoms with E-state index >= 15 is 0 Å². The van der Waals surface area contributed by atoms with Crippen molar-refractivity contribution in [3.8, 4) is 0 Å². The van der Waals surface area contributed by atoms with Gasteiger partial charge in [-0.25, -0.2) is 8.78 Å². The number of amides is 1. The van der Waals surface area contributed by atoms with Crippen LogP contribution in [-0.4, -0.2) is 25.7 Å². The first-order valence-corrected chi connectivity index (χ1v) is 6.53. The standard InChI is InChI=1S/C14H20F2N2O2/c1-9(2)5-7-20-8-6-18-14(19)12-10(15)3-4-11(17)13(12)16/h3-4,9H,5-8,17H2,1-2H3,(H,18,19). The van der Waals surface area contributed by atoms with Gasteiger partial charge in [0.15, 0.2) is 5.82 Å². The number of nitrogen functional groups attached to an aromatic ring is 1. The Morgan fingerprint density at radius 1 is 1.35 bits per heavy atom. The second kappa shape index (κ2) is 7.79. The lowest BCUT2D eigenvalue weighted by Crippen LogP contribution is -2.29. The van der Waals surface area contributed by atoms with E-state index in [4.69, 9.17) is 10.5 Å². The fourth-order valence-electron chi connectivity index (χ4n) is 1.52. The van der Waals surface area contributed by atoms with Crippen LogP contribution in [0.1, 0.15) is 30.6 Å². The maximum absolute atomic E-state index is 13.6. The van der Waals surface area contributed by atoms with E-state index in [1.165, 1.54) is 0 Å². The van der Waals surface area contributed by atoms with E-state index in [2.05, 4.69) is 19.2 Å². The number of ether oxygens (including phenoxy) is 1. The molecule has 4 nitrogen and oxygen atoms in total. The fourth-order valence-corrected chi connectivity index (χ4v) is 1.52. The van der Waals surface area contributed by atoms with Crippen LogP contribution in [0.15, 0.2) is 12.1 Å². The van der Waals surface area contributed by atoms with E-state index in [1.807, 2.05) is 0 Å². The number of nitrogens with one attached hydrogen (secondary N) is 1. The normalized spacial score (nSPS) is 10.8. The highest BCUT2D eigenvalue weighted by Crippen LogP contribution is 2.18. The Labute approximate surface area is 117 Å². The molecule has 0 radical (unpaired) electrons. The first kappa shape index (κ1) is 16.4. The number of halogens is 2. The minimum atomic E-state index is -1.04. The van der Waals surface area contributed by atoms with Crippen molar-refractivity contribution >= 4 is 11.6 Å². The summed E-state index contributed by atoms with van der Waals surface area (Å²) in [5.74, 6) is -2.27. The highest BCUT2D eigenvalue weighted by atomic mass is 19.1. The summed E-state index contributed by atoms with van der Waals surface area (Å²) in [6.07, 6.45) is 0.923. The minimum absolute atomic E-state index is 0.185. The third-order valence-electron chi connectivity index (χ3n) is 2.72. The highest BCUT2D eigenvalue weighted by Gasteiger charge is 2.18. The van der Waals surface area contributed by atoms with Crippen LogP contribution in [0.3, 0.4) is 0 Å². The van der Waals surface area contributed by atoms with Gasteiger partial charge in [0.2, 0.25) is 0 Å². The average molecular weight is 286 g/mol. The van der Waals surface area contributed by atoms with Gasteiger partial charge >= 0.3 is 0 Å². The summed E-state index contributed by atoms with van der Waals surface area (Å²) < 4.78 is 32.3. The van der Waals surface area contributed by atoms with Gasteiger partial charge in [0.05, 0.1) is 12.3 Å². The zero-order chi connectivity index (χ0) is 15.1. The number of carbonyl (C=O) groups is 1. The van der Waals surface area contributed by atoms with Crippen molar-refractivity contribution < 1.29 is 18.3 Å². The van der Waals surface area contributed by atoms with E-state index in [0.29, 0.717) is 19.1 Å². The summed E-state index contributed by atoms with van der Waals surface area (Å²) in [6.45, 7) is 5.23. The zero-order valence-electron chi connectivity index (χ0n) is 11.7. The SMILES string of the molecule is CC(C)CCOCCNC(=O)c1c(F)ccc(N)c1F. The second-order valence-electron chi connectivity index (χ2n) is 4.88. The molecule has 112 valence electrons. The van der Waals surface area contributed by atoms with Crippen LogP contribution < -0.4 is 11.1 Å². The Hall–Kier alpha value is -1.69. The Bertz CT molecular complexity index is 465. The number of hydrogen-bond donors (Lipinski definition) is 2. The van der Waals surface area contributed by atoms with Crippen molar-refractivity contribution in [1.29, 1.82) is 0 Å². The summed E-state index contributed by atoms with van der Waals surface area (Å²) in [5, 5.41) is 2.40. The quantitative estimate of drug-likeness (QED) is 0.597. The van der Waals surface area contributed by atoms with Crippen molar-refractivity contribution in [2.24, 2.45) is 5.92 Å². The average Bonchev–Trinajstić information content (AvgIpc) is 2.38. The van der Waals surface area contributed by atoms with Gasteiger partial charge in [-0.15, -0.1) is 0 Å². The second-order valence-corrected chi connectivity index (χ2v) is 4.88. The molecule has 3 N–H and O–H groups in total. The Morgan fingerprint density at radius 2 is 2.05 bits per heavy atom. The highest BCUT2D eigenvalue weighted by molar-refractivity contribution is 5.95. The third-order valence-corrected chi connectivity index (χ3v) is 2.72. The first-order chi connectivity index (χ1) is 9.43. The largest absolute Gasteiger partial charge is 0.396 e. The molecule has 0 aliphatic rings. The van der Waals surface area contributed by atoms with Crippen molar-refractivity contribution in [1.82, 2.24) is 5.32 Å². The Kier molecular flexibility index (Phi) is 6.38. The lowest BCUT2D eigenvalue weighted by Gasteiger charge is -2.09. The van der Waals surface area contributed by atoms with Crippen molar-refractivity contribution in [2.75, 3.05) is 25.5 Å². The molecule has 1 aromatic rings. The molecule has 0 spiro atoms. The maximum Gasteiger partial charge on any atom is 0.257 e. The van der Waals surface area contributed by atoms with Gasteiger partial charge in [-0.2, -0.15) is 0 Å². The number of hydrogen-bond acceptors (Lipinski definition) is 3. The van der Waals surface area contributed by atoms with E-state index in [0.717, 1.165) is 18.6 Å². The number of benzene rings is 1. The van der Waals surface area contributed by atoms with Gasteiger partial charge < -0.3 is 15.8 Å². The van der Waals surface area contributed by atoms with Crippen LogP contribution in [0.2, 0.25) is 0 Å². The molecule has 0 atom stereocenters. The smallest absolute Gasteiger partial charge is 0.257 e. The van der Waals surface area contributed by atoms with Crippen LogP contribution in [-0.2, 0) is 4.74 Å². The molecule has 1 rings (SSSR count). The summed E-state index contributed by atoms with van der Waals surface area (Å²) >= 11 is 0. The van der Waals surface area contributed by atoms with Crippen LogP contribution in [0, 0.1) is 17.6 Å². The molecule has 0 aliphatic heterocycles. The molecular formula is C14H20F2N2O2. The number of anilines is 1. The van der Waals surface area contributed by atoms with Crippen molar-refractivity contribution in [2.45, 2.75) is 20.3 Å². The Morgan fingerprint density at radius 3 is 2.70 bits per heavy atom. The van der Waals surface area contributed by atoms with E-state index in [1.54, 1.807) is 0 Å². The summed E-state index contributed by atoms with van der Waals surface area (Å²) in [4.78, 5) is 11.7. The molecule has 0 fully saturated rings. The van der Waals surface area contributed by atoms with E-state index in [-0.39, 0.29) is 12.2 Å². The topological polar surface area (TPSA) is 64.3 Å². The monoisotopic (exact) mass is 286 g/mol. The third kappa shape index (κ3) is 4.77. The van der Waals surface area contributed by atoms with Crippen LogP contribution in [0.25, 0.3) is 0 Å². The van der Waals surface area contributed by atoms with Gasteiger partial charge in [0, 0.05) is 13.2 Å². The van der Waals surface area contributed by atoms with E-state index < -0.39 is 23.1 Å². The van der Waals surface area contributed by atoms with Gasteiger partial charge in [-0.3, -0.25) is 4.79 Å². The number of nitrogens with two attached hydrogens (primary N) is 1. The summed E-state index contributed by atoms with van der Waals surface area (Å²) in [6, 6.07) is 2.04. The lowest BCUT2D eigenvalue weighted by molar-refractivity contribution is 0.0898. The fraction of sp³-hybridized carbons (Fsp3) is 0.500. The lowest BCUT2D eigenvalue weighted by atomic mass is 10.1. The minimum Gasteiger partial charge on any atom is -0.396 e. The van der Waals surface area contributed by atoms with Crippen LogP contribution >= 0.6 is 0 Å².